The van der Waals surface area contributed by atoms with Gasteiger partial charge in [-0.15, -0.1) is 11.3 Å². The molecule has 1 aliphatic heterocycles. The number of anilines is 1. The van der Waals surface area contributed by atoms with Crippen LogP contribution in [-0.2, 0) is 22.5 Å². The highest BCUT2D eigenvalue weighted by molar-refractivity contribution is 7.17. The second-order valence-electron chi connectivity index (χ2n) is 9.17. The van der Waals surface area contributed by atoms with E-state index >= 15 is 0 Å². The number of benzene rings is 2. The Labute approximate surface area is 193 Å². The molecule has 0 bridgehead atoms. The normalized spacial score (nSPS) is 15.6. The first kappa shape index (κ1) is 22.6. The molecule has 1 aliphatic rings. The quantitative estimate of drug-likeness (QED) is 0.384. The highest BCUT2D eigenvalue weighted by atomic mass is 32.1. The van der Waals surface area contributed by atoms with Crippen molar-refractivity contribution in [1.29, 1.82) is 0 Å². The second-order valence-corrected chi connectivity index (χ2v) is 10.0. The van der Waals surface area contributed by atoms with Crippen LogP contribution in [0.2, 0.25) is 0 Å². The molecular weight excluding hydrogens is 422 g/mol. The van der Waals surface area contributed by atoms with Crippen molar-refractivity contribution in [2.75, 3.05) is 18.1 Å². The molecule has 0 aliphatic carbocycles. The summed E-state index contributed by atoms with van der Waals surface area (Å²) in [5.74, 6) is 0.791. The molecule has 1 saturated heterocycles. The van der Waals surface area contributed by atoms with Crippen LogP contribution in [0.5, 0.6) is 5.75 Å². The molecule has 1 unspecified atom stereocenters. The van der Waals surface area contributed by atoms with E-state index in [0.717, 1.165) is 33.7 Å². The molecule has 1 aromatic heterocycles. The Morgan fingerprint density at radius 3 is 2.59 bits per heavy atom. The summed E-state index contributed by atoms with van der Waals surface area (Å²) in [5.41, 5.74) is 3.69. The Kier molecular flexibility index (Phi) is 6.45. The van der Waals surface area contributed by atoms with E-state index in [1.54, 1.807) is 16.2 Å². The molecule has 1 atom stereocenters. The van der Waals surface area contributed by atoms with Crippen molar-refractivity contribution in [1.82, 2.24) is 0 Å². The van der Waals surface area contributed by atoms with E-state index in [4.69, 9.17) is 14.2 Å². The summed E-state index contributed by atoms with van der Waals surface area (Å²) in [6.07, 6.45) is 0.483. The largest absolute Gasteiger partial charge is 0.487 e. The number of hydrogen-bond donors (Lipinski definition) is 0. The average Bonchev–Trinajstić information content (AvgIpc) is 3.50. The van der Waals surface area contributed by atoms with E-state index in [2.05, 4.69) is 31.4 Å². The van der Waals surface area contributed by atoms with E-state index in [0.29, 0.717) is 19.8 Å². The summed E-state index contributed by atoms with van der Waals surface area (Å²) in [6.45, 7) is 11.5. The minimum Gasteiger partial charge on any atom is -0.487 e. The molecule has 0 N–H and O–H groups in total. The Morgan fingerprint density at radius 1 is 1.25 bits per heavy atom. The molecule has 0 saturated carbocycles. The number of rotatable bonds is 7. The fraction of sp³-hybridized carbons (Fsp3) is 0.423. The fourth-order valence-electron chi connectivity index (χ4n) is 3.81. The monoisotopic (exact) mass is 453 g/mol. The highest BCUT2D eigenvalue weighted by Gasteiger charge is 2.33. The number of ether oxygens (including phenoxy) is 3. The molecule has 32 heavy (non-hydrogen) atoms. The van der Waals surface area contributed by atoms with Gasteiger partial charge in [0.25, 0.3) is 0 Å². The molecule has 0 radical (unpaired) electrons. The predicted molar refractivity (Wildman–Crippen MR) is 130 cm³/mol. The first-order chi connectivity index (χ1) is 15.3. The third-order valence-electron chi connectivity index (χ3n) is 5.36. The third kappa shape index (κ3) is 5.08. The minimum atomic E-state index is -0.582. The van der Waals surface area contributed by atoms with Crippen LogP contribution in [0.3, 0.4) is 0 Å². The van der Waals surface area contributed by atoms with Gasteiger partial charge in [0, 0.05) is 11.5 Å². The van der Waals surface area contributed by atoms with Gasteiger partial charge in [-0.2, -0.15) is 0 Å². The molecule has 1 fully saturated rings. The van der Waals surface area contributed by atoms with Gasteiger partial charge in [-0.1, -0.05) is 37.3 Å². The summed E-state index contributed by atoms with van der Waals surface area (Å²) in [6, 6.07) is 12.1. The Hall–Kier alpha value is -2.57. The van der Waals surface area contributed by atoms with Gasteiger partial charge in [-0.25, -0.2) is 4.79 Å². The van der Waals surface area contributed by atoms with Crippen LogP contribution in [0.4, 0.5) is 10.5 Å². The van der Waals surface area contributed by atoms with Crippen LogP contribution >= 0.6 is 11.3 Å². The Morgan fingerprint density at radius 2 is 1.97 bits per heavy atom. The number of aryl methyl sites for hydroxylation is 2. The molecular formula is C26H31NO4S. The molecule has 170 valence electrons. The smallest absolute Gasteiger partial charge is 0.414 e. The molecule has 6 heteroatoms. The summed E-state index contributed by atoms with van der Waals surface area (Å²) in [7, 11) is 0. The number of amides is 1. The number of hydrogen-bond acceptors (Lipinski definition) is 5. The zero-order valence-corrected chi connectivity index (χ0v) is 20.3. The second kappa shape index (κ2) is 9.12. The molecule has 2 heterocycles. The summed E-state index contributed by atoms with van der Waals surface area (Å²) >= 11 is 1.69. The van der Waals surface area contributed by atoms with Crippen LogP contribution in [-0.4, -0.2) is 30.9 Å². The van der Waals surface area contributed by atoms with Crippen molar-refractivity contribution >= 4 is 33.2 Å². The van der Waals surface area contributed by atoms with E-state index < -0.39 is 5.60 Å². The maximum atomic E-state index is 13.3. The maximum Gasteiger partial charge on any atom is 0.414 e. The molecule has 2 aromatic carbocycles. The molecule has 4 rings (SSSR count). The zero-order valence-electron chi connectivity index (χ0n) is 19.4. The number of carbonyl (C=O) groups excluding carboxylic acids is 1. The molecule has 5 nitrogen and oxygen atoms in total. The third-order valence-corrected chi connectivity index (χ3v) is 6.47. The van der Waals surface area contributed by atoms with Crippen LogP contribution in [0, 0.1) is 6.92 Å². The van der Waals surface area contributed by atoms with Crippen molar-refractivity contribution in [3.8, 4) is 5.75 Å². The topological polar surface area (TPSA) is 51.3 Å². The zero-order chi connectivity index (χ0) is 22.9. The van der Waals surface area contributed by atoms with Gasteiger partial charge in [0.1, 0.15) is 18.0 Å². The van der Waals surface area contributed by atoms with Crippen molar-refractivity contribution in [3.05, 3.63) is 58.5 Å². The maximum absolute atomic E-state index is 13.3. The van der Waals surface area contributed by atoms with E-state index in [1.807, 2.05) is 45.0 Å². The van der Waals surface area contributed by atoms with Crippen molar-refractivity contribution in [2.24, 2.45) is 0 Å². The lowest BCUT2D eigenvalue weighted by Crippen LogP contribution is -2.39. The standard InChI is InChI=1S/C26H31NO4S/c1-6-20-21(27(13-19-15-29-19)25(28)31-26(3,4)5)12-22(24-23(20)17(2)16-32-24)30-14-18-10-8-7-9-11-18/h7-12,16,19H,6,13-15H2,1-5H3. The van der Waals surface area contributed by atoms with Crippen molar-refractivity contribution < 1.29 is 19.0 Å². The van der Waals surface area contributed by atoms with Gasteiger partial charge in [0.05, 0.1) is 29.6 Å². The Bertz CT molecular complexity index is 1100. The summed E-state index contributed by atoms with van der Waals surface area (Å²) in [4.78, 5) is 15.0. The number of fused-ring (bicyclic) bond motifs is 1. The Balaban J connectivity index is 1.78. The van der Waals surface area contributed by atoms with Gasteiger partial charge < -0.3 is 14.2 Å². The van der Waals surface area contributed by atoms with Crippen molar-refractivity contribution in [3.63, 3.8) is 0 Å². The van der Waals surface area contributed by atoms with Crippen LogP contribution in [0.25, 0.3) is 10.1 Å². The first-order valence-electron chi connectivity index (χ1n) is 11.1. The number of nitrogens with zero attached hydrogens (tertiary/aromatic N) is 1. The lowest BCUT2D eigenvalue weighted by Gasteiger charge is -2.29. The SMILES string of the molecule is CCc1c(N(CC2CO2)C(=O)OC(C)(C)C)cc(OCc2ccccc2)c2scc(C)c12. The first-order valence-corrected chi connectivity index (χ1v) is 12.0. The molecule has 3 aromatic rings. The van der Waals surface area contributed by atoms with E-state index in [9.17, 15) is 4.79 Å². The fourth-order valence-corrected chi connectivity index (χ4v) is 4.86. The number of carbonyl (C=O) groups is 1. The lowest BCUT2D eigenvalue weighted by atomic mass is 10.0. The van der Waals surface area contributed by atoms with Crippen LogP contribution in [0.1, 0.15) is 44.4 Å². The highest BCUT2D eigenvalue weighted by Crippen LogP contribution is 2.43. The van der Waals surface area contributed by atoms with Gasteiger partial charge >= 0.3 is 6.09 Å². The van der Waals surface area contributed by atoms with Crippen LogP contribution < -0.4 is 9.64 Å². The average molecular weight is 454 g/mol. The van der Waals surface area contributed by atoms with Gasteiger partial charge in [0.15, 0.2) is 0 Å². The molecule has 0 spiro atoms. The summed E-state index contributed by atoms with van der Waals surface area (Å²) in [5, 5.41) is 3.33. The minimum absolute atomic E-state index is 0.0418. The van der Waals surface area contributed by atoms with E-state index in [1.165, 1.54) is 10.9 Å². The number of epoxide rings is 1. The van der Waals surface area contributed by atoms with Crippen LogP contribution in [0.15, 0.2) is 41.8 Å². The predicted octanol–water partition coefficient (Wildman–Crippen LogP) is 6.49. The number of thiophene rings is 1. The lowest BCUT2D eigenvalue weighted by molar-refractivity contribution is 0.0577. The molecule has 1 amide bonds. The van der Waals surface area contributed by atoms with Gasteiger partial charge in [-0.05, 0) is 56.2 Å². The summed E-state index contributed by atoms with van der Waals surface area (Å²) < 4.78 is 18.7. The van der Waals surface area contributed by atoms with Gasteiger partial charge in [-0.3, -0.25) is 4.90 Å². The van der Waals surface area contributed by atoms with Gasteiger partial charge in [0.2, 0.25) is 0 Å². The van der Waals surface area contributed by atoms with Crippen molar-refractivity contribution in [2.45, 2.75) is 59.4 Å². The van der Waals surface area contributed by atoms with E-state index in [-0.39, 0.29) is 12.2 Å².